The van der Waals surface area contributed by atoms with E-state index in [0.717, 1.165) is 5.56 Å². The number of rotatable bonds is 5. The number of fused-ring (bicyclic) bond motifs is 1. The van der Waals surface area contributed by atoms with Crippen LogP contribution in [0.4, 0.5) is 9.18 Å². The van der Waals surface area contributed by atoms with Gasteiger partial charge in [-0.15, -0.1) is 0 Å². The molecular weight excluding hydrogens is 513 g/mol. The molecule has 2 unspecified atom stereocenters. The Hall–Kier alpha value is -4.05. The predicted molar refractivity (Wildman–Crippen MR) is 151 cm³/mol. The second kappa shape index (κ2) is 11.2. The molecule has 0 bridgehead atoms. The molecule has 212 valence electrons. The highest BCUT2D eigenvalue weighted by Gasteiger charge is 2.35. The van der Waals surface area contributed by atoms with Gasteiger partial charge in [-0.25, -0.2) is 9.18 Å². The normalized spacial score (nSPS) is 17.6. The quantitative estimate of drug-likeness (QED) is 0.359. The van der Waals surface area contributed by atoms with E-state index in [4.69, 9.17) is 0 Å². The largest absolute Gasteiger partial charge is 0.342 e. The molecule has 3 aromatic rings. The van der Waals surface area contributed by atoms with Gasteiger partial charge in [-0.05, 0) is 56.7 Å². The third-order valence-electron chi connectivity index (χ3n) is 7.53. The second-order valence-corrected chi connectivity index (χ2v) is 10.9. The molecule has 2 heterocycles. The summed E-state index contributed by atoms with van der Waals surface area (Å²) in [7, 11) is 6.27. The molecule has 0 aliphatic carbocycles. The van der Waals surface area contributed by atoms with Crippen LogP contribution in [0.5, 0.6) is 0 Å². The van der Waals surface area contributed by atoms with E-state index >= 15 is 0 Å². The Morgan fingerprint density at radius 1 is 0.900 bits per heavy atom. The molecule has 0 N–H and O–H groups in total. The lowest BCUT2D eigenvalue weighted by Gasteiger charge is -2.44. The smallest absolute Gasteiger partial charge is 0.328 e. The lowest BCUT2D eigenvalue weighted by Crippen LogP contribution is -2.57. The molecule has 1 fully saturated rings. The van der Waals surface area contributed by atoms with Crippen LogP contribution in [0.25, 0.3) is 10.9 Å². The molecule has 3 amide bonds. The fraction of sp³-hybridized carbons (Fsp3) is 0.400. The van der Waals surface area contributed by atoms with Crippen molar-refractivity contribution < 1.29 is 23.6 Å². The first-order valence-electron chi connectivity index (χ1n) is 13.2. The van der Waals surface area contributed by atoms with Crippen molar-refractivity contribution in [2.24, 2.45) is 0 Å². The van der Waals surface area contributed by atoms with Gasteiger partial charge < -0.3 is 14.7 Å². The lowest BCUT2D eigenvalue weighted by molar-refractivity contribution is -0.124. The molecule has 0 spiro atoms. The Kier molecular flexibility index (Phi) is 8.11. The van der Waals surface area contributed by atoms with Gasteiger partial charge in [-0.3, -0.25) is 23.9 Å². The molecule has 2 atom stereocenters. The molecule has 2 aromatic carbocycles. The van der Waals surface area contributed by atoms with E-state index in [0.29, 0.717) is 41.8 Å². The van der Waals surface area contributed by atoms with Gasteiger partial charge in [0.05, 0.1) is 11.1 Å². The first-order chi connectivity index (χ1) is 18.8. The number of Topliss-reactive ketones (excluding diaryl/α,β-unsaturated/α-hetero) is 1. The molecule has 4 rings (SSSR count). The number of aromatic nitrogens is 1. The molecule has 9 nitrogen and oxygen atoms in total. The number of amides is 3. The van der Waals surface area contributed by atoms with E-state index in [1.165, 1.54) is 52.7 Å². The van der Waals surface area contributed by atoms with Gasteiger partial charge in [-0.2, -0.15) is 0 Å². The lowest BCUT2D eigenvalue weighted by atomic mass is 10.0. The van der Waals surface area contributed by atoms with E-state index in [2.05, 4.69) is 4.90 Å². The number of nitrogens with zero attached hydrogens (tertiary/aromatic N) is 5. The molecule has 1 aliphatic rings. The maximum absolute atomic E-state index is 14.2. The van der Waals surface area contributed by atoms with E-state index in [1.807, 2.05) is 13.8 Å². The minimum absolute atomic E-state index is 0.0251. The van der Waals surface area contributed by atoms with Crippen molar-refractivity contribution in [1.29, 1.82) is 0 Å². The minimum atomic E-state index is -0.689. The number of halogens is 1. The summed E-state index contributed by atoms with van der Waals surface area (Å²) in [6.07, 6.45) is 0. The van der Waals surface area contributed by atoms with Crippen molar-refractivity contribution in [3.8, 4) is 0 Å². The number of piperazine rings is 1. The van der Waals surface area contributed by atoms with Gasteiger partial charge in [0.2, 0.25) is 5.78 Å². The van der Waals surface area contributed by atoms with Crippen molar-refractivity contribution in [1.82, 2.24) is 24.2 Å². The number of carbonyl (C=O) groups is 4. The summed E-state index contributed by atoms with van der Waals surface area (Å²) >= 11 is 0. The second-order valence-electron chi connectivity index (χ2n) is 10.9. The Bertz CT molecular complexity index is 1480. The number of ketones is 1. The molecule has 1 saturated heterocycles. The van der Waals surface area contributed by atoms with Crippen LogP contribution in [0.2, 0.25) is 0 Å². The van der Waals surface area contributed by atoms with Gasteiger partial charge in [0.25, 0.3) is 11.8 Å². The van der Waals surface area contributed by atoms with E-state index in [1.54, 1.807) is 44.1 Å². The van der Waals surface area contributed by atoms with Gasteiger partial charge in [0, 0.05) is 76.6 Å². The number of hydrogen-bond donors (Lipinski definition) is 0. The fourth-order valence-corrected chi connectivity index (χ4v) is 5.27. The standard InChI is InChI=1S/C30H36FN5O4/c1-18-16-35(19(2)15-34(18)17-21-8-11-23(31)12-9-21)28(38)26-20(3)36(30(40)33(6)7)25-13-10-22(14-24(25)26)27(37)29(39)32(4)5/h8-14,18-19H,15-17H2,1-7H3. The van der Waals surface area contributed by atoms with Crippen molar-refractivity contribution in [3.63, 3.8) is 0 Å². The summed E-state index contributed by atoms with van der Waals surface area (Å²) in [5, 5.41) is 0.448. The summed E-state index contributed by atoms with van der Waals surface area (Å²) in [6, 6.07) is 10.6. The summed E-state index contributed by atoms with van der Waals surface area (Å²) < 4.78 is 14.8. The van der Waals surface area contributed by atoms with Crippen LogP contribution in [-0.2, 0) is 11.3 Å². The third kappa shape index (κ3) is 5.36. The van der Waals surface area contributed by atoms with Crippen molar-refractivity contribution >= 4 is 34.5 Å². The summed E-state index contributed by atoms with van der Waals surface area (Å²) in [5.41, 5.74) is 2.44. The summed E-state index contributed by atoms with van der Waals surface area (Å²) in [6.45, 7) is 7.44. The van der Waals surface area contributed by atoms with Gasteiger partial charge >= 0.3 is 6.03 Å². The van der Waals surface area contributed by atoms with E-state index in [-0.39, 0.29) is 35.4 Å². The zero-order chi connectivity index (χ0) is 29.5. The third-order valence-corrected chi connectivity index (χ3v) is 7.53. The van der Waals surface area contributed by atoms with Crippen LogP contribution >= 0.6 is 0 Å². The van der Waals surface area contributed by atoms with Crippen LogP contribution in [0.3, 0.4) is 0 Å². The van der Waals surface area contributed by atoms with Crippen LogP contribution in [-0.4, -0.2) is 101 Å². The number of carbonyl (C=O) groups excluding carboxylic acids is 4. The number of benzene rings is 2. The van der Waals surface area contributed by atoms with Crippen LogP contribution < -0.4 is 0 Å². The zero-order valence-corrected chi connectivity index (χ0v) is 24.1. The maximum atomic E-state index is 14.2. The Balaban J connectivity index is 1.72. The first-order valence-corrected chi connectivity index (χ1v) is 13.2. The average molecular weight is 550 g/mol. The van der Waals surface area contributed by atoms with Crippen LogP contribution in [0.1, 0.15) is 45.8 Å². The van der Waals surface area contributed by atoms with Crippen LogP contribution in [0.15, 0.2) is 42.5 Å². The predicted octanol–water partition coefficient (Wildman–Crippen LogP) is 3.62. The maximum Gasteiger partial charge on any atom is 0.328 e. The highest BCUT2D eigenvalue weighted by molar-refractivity contribution is 6.43. The Labute approximate surface area is 233 Å². The van der Waals surface area contributed by atoms with Gasteiger partial charge in [-0.1, -0.05) is 12.1 Å². The van der Waals surface area contributed by atoms with Gasteiger partial charge in [0.15, 0.2) is 0 Å². The SMILES string of the molecule is Cc1c(C(=O)N2CC(C)N(Cc3ccc(F)cc3)CC2C)c2cc(C(=O)C(=O)N(C)C)ccc2n1C(=O)N(C)C. The molecule has 1 aromatic heterocycles. The topological polar surface area (TPSA) is 86.2 Å². The molecule has 1 aliphatic heterocycles. The molecule has 0 saturated carbocycles. The Morgan fingerprint density at radius 3 is 2.15 bits per heavy atom. The highest BCUT2D eigenvalue weighted by Crippen LogP contribution is 2.31. The van der Waals surface area contributed by atoms with E-state index in [9.17, 15) is 23.6 Å². The molecule has 10 heteroatoms. The van der Waals surface area contributed by atoms with Crippen molar-refractivity contribution in [2.75, 3.05) is 41.3 Å². The Morgan fingerprint density at radius 2 is 1.55 bits per heavy atom. The molecular formula is C30H36FN5O4. The van der Waals surface area contributed by atoms with E-state index < -0.39 is 11.7 Å². The molecule has 40 heavy (non-hydrogen) atoms. The zero-order valence-electron chi connectivity index (χ0n) is 24.1. The number of hydrogen-bond acceptors (Lipinski definition) is 5. The fourth-order valence-electron chi connectivity index (χ4n) is 5.27. The average Bonchev–Trinajstić information content (AvgIpc) is 3.20. The number of likely N-dealkylation sites (N-methyl/N-ethyl adjacent to an activating group) is 1. The van der Waals surface area contributed by atoms with Crippen molar-refractivity contribution in [2.45, 2.75) is 39.4 Å². The monoisotopic (exact) mass is 549 g/mol. The first kappa shape index (κ1) is 28.9. The minimum Gasteiger partial charge on any atom is -0.342 e. The highest BCUT2D eigenvalue weighted by atomic mass is 19.1. The van der Waals surface area contributed by atoms with Gasteiger partial charge in [0.1, 0.15) is 5.82 Å². The molecule has 0 radical (unpaired) electrons. The summed E-state index contributed by atoms with van der Waals surface area (Å²) in [4.78, 5) is 59.3. The van der Waals surface area contributed by atoms with Crippen molar-refractivity contribution in [3.05, 3.63) is 70.7 Å². The summed E-state index contributed by atoms with van der Waals surface area (Å²) in [5.74, 6) is -1.88. The van der Waals surface area contributed by atoms with Crippen LogP contribution in [0, 0.1) is 12.7 Å².